The summed E-state index contributed by atoms with van der Waals surface area (Å²) in [6, 6.07) is 0. The molecule has 0 saturated carbocycles. The van der Waals surface area contributed by atoms with Crippen molar-refractivity contribution >= 4 is 52.0 Å². The van der Waals surface area contributed by atoms with E-state index in [1.54, 1.807) is 0 Å². The highest BCUT2D eigenvalue weighted by Gasteiger charge is 1.80. The molecule has 0 heterocycles. The standard InChI is InChI=1S/C3H8NP5/c1-2(7-6)8-9-3(4)5/h4H,5-6H2,1H3. The maximum absolute atomic E-state index is 7.08. The molecule has 0 aliphatic heterocycles. The lowest BCUT2D eigenvalue weighted by molar-refractivity contribution is 1.59. The molecule has 0 aliphatic carbocycles. The molecule has 0 aliphatic rings. The van der Waals surface area contributed by atoms with Crippen molar-refractivity contribution in [2.75, 3.05) is 0 Å². The smallest absolute Gasteiger partial charge is 0.0789 e. The average molecular weight is 213 g/mol. The van der Waals surface area contributed by atoms with E-state index in [0.29, 0.717) is 5.19 Å². The van der Waals surface area contributed by atoms with Crippen LogP contribution < -0.4 is 0 Å². The number of hydrogen-bond donors (Lipinski definition) is 1. The molecule has 0 fully saturated rings. The largest absolute Gasteiger partial charge is 0.296 e. The van der Waals surface area contributed by atoms with Crippen LogP contribution in [0.1, 0.15) is 6.92 Å². The maximum atomic E-state index is 7.08. The van der Waals surface area contributed by atoms with Crippen molar-refractivity contribution in [2.24, 2.45) is 0 Å². The Morgan fingerprint density at radius 3 is 2.33 bits per heavy atom. The van der Waals surface area contributed by atoms with Gasteiger partial charge in [-0.05, 0) is 22.7 Å². The second-order valence-corrected chi connectivity index (χ2v) is 7.13. The molecule has 0 bridgehead atoms. The monoisotopic (exact) mass is 213 g/mol. The summed E-state index contributed by atoms with van der Waals surface area (Å²) >= 11 is 0. The molecular weight excluding hydrogens is 205 g/mol. The minimum atomic E-state index is 0.657. The lowest BCUT2D eigenvalue weighted by Crippen LogP contribution is -1.61. The zero-order valence-electron chi connectivity index (χ0n) is 5.00. The van der Waals surface area contributed by atoms with Crippen LogP contribution in [0.25, 0.3) is 0 Å². The minimum Gasteiger partial charge on any atom is -0.296 e. The van der Waals surface area contributed by atoms with Crippen LogP contribution in [-0.2, 0) is 0 Å². The Morgan fingerprint density at radius 1 is 1.44 bits per heavy atom. The maximum Gasteiger partial charge on any atom is 0.0789 e. The summed E-state index contributed by atoms with van der Waals surface area (Å²) in [7, 11) is 8.62. The second kappa shape index (κ2) is 6.04. The van der Waals surface area contributed by atoms with Gasteiger partial charge < -0.3 is 0 Å². The van der Waals surface area contributed by atoms with Gasteiger partial charge in [-0.1, -0.05) is 26.1 Å². The van der Waals surface area contributed by atoms with Crippen LogP contribution in [0.3, 0.4) is 0 Å². The highest BCUT2D eigenvalue weighted by molar-refractivity contribution is 8.15. The molecule has 0 aromatic heterocycles. The Hall–Kier alpha value is 1.30. The fourth-order valence-electron chi connectivity index (χ4n) is 0.152. The Morgan fingerprint density at radius 2 is 2.00 bits per heavy atom. The minimum absolute atomic E-state index is 0.657. The van der Waals surface area contributed by atoms with Crippen molar-refractivity contribution in [1.82, 2.24) is 0 Å². The van der Waals surface area contributed by atoms with Crippen molar-refractivity contribution in [3.63, 3.8) is 0 Å². The molecule has 1 N–H and O–H groups in total. The first kappa shape index (κ1) is 10.3. The fourth-order valence-corrected chi connectivity index (χ4v) is 4.15. The van der Waals surface area contributed by atoms with Gasteiger partial charge in [0.05, 0.1) is 5.19 Å². The van der Waals surface area contributed by atoms with E-state index < -0.39 is 0 Å². The highest BCUT2D eigenvalue weighted by Crippen LogP contribution is 2.26. The third-order valence-electron chi connectivity index (χ3n) is 0.489. The van der Waals surface area contributed by atoms with Gasteiger partial charge in [0.2, 0.25) is 0 Å². The summed E-state index contributed by atoms with van der Waals surface area (Å²) in [5, 5.41) is 9.12. The molecule has 0 aromatic rings. The van der Waals surface area contributed by atoms with Crippen molar-refractivity contribution in [2.45, 2.75) is 6.92 Å². The molecule has 2 unspecified atom stereocenters. The SMILES string of the molecule is CC(P=PC(=N)P)=PP. The molecular formula is C3H8NP5. The molecule has 1 nitrogen and oxygen atoms in total. The normalized spacial score (nSPS) is 12.6. The zero-order chi connectivity index (χ0) is 7.28. The van der Waals surface area contributed by atoms with Gasteiger partial charge in [0.1, 0.15) is 0 Å². The van der Waals surface area contributed by atoms with Gasteiger partial charge in [-0.3, -0.25) is 5.41 Å². The second-order valence-electron chi connectivity index (χ2n) is 1.26. The van der Waals surface area contributed by atoms with E-state index in [1.807, 2.05) is 0 Å². The van der Waals surface area contributed by atoms with E-state index in [9.17, 15) is 0 Å². The number of rotatable bonds is 2. The Bertz CT molecular complexity index is 160. The van der Waals surface area contributed by atoms with E-state index in [1.165, 1.54) is 20.8 Å². The highest BCUT2D eigenvalue weighted by atomic mass is 32.0. The van der Waals surface area contributed by atoms with Crippen molar-refractivity contribution in [1.29, 1.82) is 5.41 Å². The molecule has 0 radical (unpaired) electrons. The van der Waals surface area contributed by atoms with Crippen LogP contribution in [-0.4, -0.2) is 10.2 Å². The number of nitrogens with one attached hydrogen (secondary N) is 1. The fraction of sp³-hybridized carbons (Fsp3) is 0.333. The molecule has 0 saturated heterocycles. The molecule has 0 spiro atoms. The predicted molar refractivity (Wildman–Crippen MR) is 58.6 cm³/mol. The van der Waals surface area contributed by atoms with Gasteiger partial charge in [0.15, 0.2) is 0 Å². The van der Waals surface area contributed by atoms with Crippen LogP contribution in [0.2, 0.25) is 0 Å². The lowest BCUT2D eigenvalue weighted by atomic mass is 11.0. The summed E-state index contributed by atoms with van der Waals surface area (Å²) in [4.78, 5) is 0. The van der Waals surface area contributed by atoms with E-state index in [0.717, 1.165) is 7.87 Å². The molecule has 50 valence electrons. The third-order valence-corrected chi connectivity index (χ3v) is 7.29. The van der Waals surface area contributed by atoms with Crippen LogP contribution in [0.5, 0.6) is 0 Å². The Balaban J connectivity index is 3.86. The predicted octanol–water partition coefficient (Wildman–Crippen LogP) is 3.49. The van der Waals surface area contributed by atoms with Crippen LogP contribution in [0, 0.1) is 5.41 Å². The van der Waals surface area contributed by atoms with Gasteiger partial charge in [0.25, 0.3) is 0 Å². The average Bonchev–Trinajstić information content (AvgIpc) is 1.83. The first-order valence-corrected chi connectivity index (χ1v) is 7.75. The third kappa shape index (κ3) is 7.19. The number of hydrogen-bond acceptors (Lipinski definition) is 1. The Labute approximate surface area is 64.8 Å². The summed E-state index contributed by atoms with van der Waals surface area (Å²) in [5.41, 5.74) is 0. The first-order valence-electron chi connectivity index (χ1n) is 2.17. The van der Waals surface area contributed by atoms with Gasteiger partial charge in [-0.2, -0.15) is 0 Å². The molecule has 0 aromatic carbocycles. The lowest BCUT2D eigenvalue weighted by Gasteiger charge is -1.82. The molecule has 0 rings (SSSR count). The van der Waals surface area contributed by atoms with Crippen LogP contribution in [0.4, 0.5) is 0 Å². The summed E-state index contributed by atoms with van der Waals surface area (Å²) in [6.45, 7) is 2.09. The van der Waals surface area contributed by atoms with Gasteiger partial charge in [0, 0.05) is 5.03 Å². The van der Waals surface area contributed by atoms with Crippen molar-refractivity contribution in [3.05, 3.63) is 0 Å². The van der Waals surface area contributed by atoms with Gasteiger partial charge in [-0.25, -0.2) is 0 Å². The van der Waals surface area contributed by atoms with E-state index in [-0.39, 0.29) is 0 Å². The summed E-state index contributed by atoms with van der Waals surface area (Å²) in [6.07, 6.45) is 0. The van der Waals surface area contributed by atoms with Crippen molar-refractivity contribution < 1.29 is 0 Å². The van der Waals surface area contributed by atoms with Gasteiger partial charge in [-0.15, -0.1) is 0 Å². The summed E-state index contributed by atoms with van der Waals surface area (Å²) < 4.78 is 0. The topological polar surface area (TPSA) is 23.9 Å². The zero-order valence-corrected chi connectivity index (χ0v) is 9.99. The van der Waals surface area contributed by atoms with Crippen LogP contribution >= 0.6 is 41.8 Å². The Kier molecular flexibility index (Phi) is 6.91. The van der Waals surface area contributed by atoms with E-state index in [4.69, 9.17) is 5.41 Å². The van der Waals surface area contributed by atoms with Gasteiger partial charge >= 0.3 is 0 Å². The molecule has 6 heteroatoms. The molecule has 2 atom stereocenters. The first-order chi connectivity index (χ1) is 4.16. The molecule has 0 amide bonds. The van der Waals surface area contributed by atoms with E-state index >= 15 is 0 Å². The summed E-state index contributed by atoms with van der Waals surface area (Å²) in [5.74, 6) is 0. The van der Waals surface area contributed by atoms with Crippen molar-refractivity contribution in [3.8, 4) is 0 Å². The van der Waals surface area contributed by atoms with Crippen LogP contribution in [0.15, 0.2) is 0 Å². The quantitative estimate of drug-likeness (QED) is 0.536. The molecule has 9 heavy (non-hydrogen) atoms. The van der Waals surface area contributed by atoms with E-state index in [2.05, 4.69) is 25.1 Å².